The average molecular weight is 236 g/mol. The predicted molar refractivity (Wildman–Crippen MR) is 59.6 cm³/mol. The first-order valence-electron chi connectivity index (χ1n) is 5.47. The Morgan fingerprint density at radius 2 is 2.00 bits per heavy atom. The summed E-state index contributed by atoms with van der Waals surface area (Å²) in [5.41, 5.74) is 0.232. The van der Waals surface area contributed by atoms with Crippen LogP contribution in [0.5, 0.6) is 0 Å². The molecule has 0 atom stereocenters. The van der Waals surface area contributed by atoms with Gasteiger partial charge in [-0.2, -0.15) is 5.26 Å². The van der Waals surface area contributed by atoms with Crippen molar-refractivity contribution in [1.82, 2.24) is 0 Å². The first-order chi connectivity index (χ1) is 7.61. The van der Waals surface area contributed by atoms with E-state index in [2.05, 4.69) is 6.07 Å². The van der Waals surface area contributed by atoms with Crippen LogP contribution >= 0.6 is 11.6 Å². The molecule has 2 saturated carbocycles. The number of nitrogens with zero attached hydrogens (tertiary/aromatic N) is 1. The molecular formula is C13H11ClFN. The minimum Gasteiger partial charge on any atom is -0.205 e. The Balaban J connectivity index is 2.02. The van der Waals surface area contributed by atoms with Crippen LogP contribution in [0.4, 0.5) is 4.39 Å². The van der Waals surface area contributed by atoms with Crippen LogP contribution in [0.15, 0.2) is 18.2 Å². The van der Waals surface area contributed by atoms with Crippen molar-refractivity contribution >= 4 is 11.6 Å². The smallest absolute Gasteiger partial charge is 0.146 e. The van der Waals surface area contributed by atoms with E-state index in [0.29, 0.717) is 11.0 Å². The SMILES string of the molecule is N#CC1(c2cccc(Cl)c2F)CC2(CC2)C1. The van der Waals surface area contributed by atoms with E-state index in [1.54, 1.807) is 12.1 Å². The third-order valence-electron chi connectivity index (χ3n) is 3.99. The van der Waals surface area contributed by atoms with Crippen molar-refractivity contribution in [3.8, 4) is 6.07 Å². The minimum atomic E-state index is -0.620. The van der Waals surface area contributed by atoms with Crippen molar-refractivity contribution in [2.24, 2.45) is 5.41 Å². The highest BCUT2D eigenvalue weighted by Crippen LogP contribution is 2.69. The number of nitriles is 1. The van der Waals surface area contributed by atoms with E-state index >= 15 is 0 Å². The maximum Gasteiger partial charge on any atom is 0.146 e. The summed E-state index contributed by atoms with van der Waals surface area (Å²) in [7, 11) is 0. The molecule has 3 rings (SSSR count). The lowest BCUT2D eigenvalue weighted by Crippen LogP contribution is -2.42. The van der Waals surface area contributed by atoms with Crippen molar-refractivity contribution in [2.75, 3.05) is 0 Å². The molecule has 3 heteroatoms. The molecule has 2 fully saturated rings. The first-order valence-corrected chi connectivity index (χ1v) is 5.84. The van der Waals surface area contributed by atoms with Gasteiger partial charge in [0.1, 0.15) is 5.82 Å². The van der Waals surface area contributed by atoms with Gasteiger partial charge in [-0.3, -0.25) is 0 Å². The molecule has 0 saturated heterocycles. The lowest BCUT2D eigenvalue weighted by Gasteiger charge is -2.44. The third kappa shape index (κ3) is 1.21. The van der Waals surface area contributed by atoms with Crippen LogP contribution in [0, 0.1) is 22.6 Å². The van der Waals surface area contributed by atoms with Crippen molar-refractivity contribution in [1.29, 1.82) is 5.26 Å². The fourth-order valence-electron chi connectivity index (χ4n) is 2.96. The fraction of sp³-hybridized carbons (Fsp3) is 0.462. The van der Waals surface area contributed by atoms with Crippen LogP contribution < -0.4 is 0 Å². The molecule has 0 amide bonds. The second-order valence-corrected chi connectivity index (χ2v) is 5.56. The van der Waals surface area contributed by atoms with Crippen molar-refractivity contribution < 1.29 is 4.39 Å². The maximum absolute atomic E-state index is 13.9. The Morgan fingerprint density at radius 1 is 1.31 bits per heavy atom. The summed E-state index contributed by atoms with van der Waals surface area (Å²) >= 11 is 5.76. The number of rotatable bonds is 1. The largest absolute Gasteiger partial charge is 0.205 e. The van der Waals surface area contributed by atoms with Gasteiger partial charge in [0, 0.05) is 5.56 Å². The molecule has 1 aromatic carbocycles. The van der Waals surface area contributed by atoms with Gasteiger partial charge in [-0.1, -0.05) is 23.7 Å². The molecule has 2 aliphatic carbocycles. The van der Waals surface area contributed by atoms with Crippen molar-refractivity contribution in [2.45, 2.75) is 31.1 Å². The zero-order chi connectivity index (χ0) is 11.4. The van der Waals surface area contributed by atoms with Gasteiger partial charge in [0.2, 0.25) is 0 Å². The van der Waals surface area contributed by atoms with Gasteiger partial charge in [0.15, 0.2) is 0 Å². The van der Waals surface area contributed by atoms with Crippen LogP contribution in [0.1, 0.15) is 31.2 Å². The van der Waals surface area contributed by atoms with E-state index < -0.39 is 11.2 Å². The zero-order valence-corrected chi connectivity index (χ0v) is 9.52. The van der Waals surface area contributed by atoms with E-state index in [4.69, 9.17) is 11.6 Å². The van der Waals surface area contributed by atoms with Gasteiger partial charge in [-0.15, -0.1) is 0 Å². The third-order valence-corrected chi connectivity index (χ3v) is 4.28. The molecule has 1 aromatic rings. The molecule has 0 N–H and O–H groups in total. The minimum absolute atomic E-state index is 0.115. The molecule has 0 aromatic heterocycles. The number of halogens is 2. The van der Waals surface area contributed by atoms with Crippen molar-refractivity contribution in [3.63, 3.8) is 0 Å². The van der Waals surface area contributed by atoms with Gasteiger partial charge in [0.25, 0.3) is 0 Å². The molecule has 1 nitrogen and oxygen atoms in total. The number of hydrogen-bond donors (Lipinski definition) is 0. The van der Waals surface area contributed by atoms with Crippen LogP contribution in [-0.4, -0.2) is 0 Å². The summed E-state index contributed by atoms with van der Waals surface area (Å²) < 4.78 is 13.9. The van der Waals surface area contributed by atoms with E-state index in [1.807, 2.05) is 0 Å². The quantitative estimate of drug-likeness (QED) is 0.726. The Bertz CT molecular complexity index is 491. The Labute approximate surface area is 98.8 Å². The molecule has 2 aliphatic rings. The van der Waals surface area contributed by atoms with Crippen LogP contribution in [0.3, 0.4) is 0 Å². The normalized spacial score (nSPS) is 23.6. The van der Waals surface area contributed by atoms with E-state index in [-0.39, 0.29) is 5.02 Å². The average Bonchev–Trinajstić information content (AvgIpc) is 3.00. The summed E-state index contributed by atoms with van der Waals surface area (Å²) in [5.74, 6) is -0.416. The lowest BCUT2D eigenvalue weighted by molar-refractivity contribution is 0.168. The summed E-state index contributed by atoms with van der Waals surface area (Å²) in [6.45, 7) is 0. The van der Waals surface area contributed by atoms with Crippen LogP contribution in [0.2, 0.25) is 5.02 Å². The van der Waals surface area contributed by atoms with Gasteiger partial charge in [-0.25, -0.2) is 4.39 Å². The molecule has 0 unspecified atom stereocenters. The summed E-state index contributed by atoms with van der Waals surface area (Å²) in [5, 5.41) is 9.42. The topological polar surface area (TPSA) is 23.8 Å². The van der Waals surface area contributed by atoms with E-state index in [0.717, 1.165) is 12.8 Å². The van der Waals surface area contributed by atoms with Gasteiger partial charge in [-0.05, 0) is 37.2 Å². The molecule has 0 bridgehead atoms. The molecule has 1 spiro atoms. The van der Waals surface area contributed by atoms with Gasteiger partial charge < -0.3 is 0 Å². The second kappa shape index (κ2) is 2.99. The molecular weight excluding hydrogens is 225 g/mol. The highest BCUT2D eigenvalue weighted by molar-refractivity contribution is 6.30. The highest BCUT2D eigenvalue weighted by atomic mass is 35.5. The summed E-state index contributed by atoms with van der Waals surface area (Å²) in [6.07, 6.45) is 3.98. The molecule has 82 valence electrons. The molecule has 0 radical (unpaired) electrons. The zero-order valence-electron chi connectivity index (χ0n) is 8.76. The fourth-order valence-corrected chi connectivity index (χ4v) is 3.14. The summed E-state index contributed by atoms with van der Waals surface area (Å²) in [6, 6.07) is 7.24. The van der Waals surface area contributed by atoms with E-state index in [1.165, 1.54) is 18.9 Å². The first kappa shape index (κ1) is 10.1. The van der Waals surface area contributed by atoms with Crippen LogP contribution in [-0.2, 0) is 5.41 Å². The molecule has 16 heavy (non-hydrogen) atoms. The number of benzene rings is 1. The Kier molecular flexibility index (Phi) is 1.89. The molecule has 0 heterocycles. The van der Waals surface area contributed by atoms with Gasteiger partial charge >= 0.3 is 0 Å². The van der Waals surface area contributed by atoms with Crippen LogP contribution in [0.25, 0.3) is 0 Å². The monoisotopic (exact) mass is 235 g/mol. The van der Waals surface area contributed by atoms with Crippen molar-refractivity contribution in [3.05, 3.63) is 34.6 Å². The summed E-state index contributed by atoms with van der Waals surface area (Å²) in [4.78, 5) is 0. The maximum atomic E-state index is 13.9. The predicted octanol–water partition coefficient (Wildman–Crippen LogP) is 3.81. The van der Waals surface area contributed by atoms with Gasteiger partial charge in [0.05, 0.1) is 16.5 Å². The van der Waals surface area contributed by atoms with E-state index in [9.17, 15) is 9.65 Å². The molecule has 0 aliphatic heterocycles. The Hall–Kier alpha value is -1.07. The lowest BCUT2D eigenvalue weighted by atomic mass is 9.57. The highest BCUT2D eigenvalue weighted by Gasteiger charge is 2.62. The standard InChI is InChI=1S/C13H11ClFN/c14-10-3-1-2-9(11(10)15)13(8-16)6-12(7-13)4-5-12/h1-3H,4-7H2. The second-order valence-electron chi connectivity index (χ2n) is 5.15. The number of hydrogen-bond acceptors (Lipinski definition) is 1. The Morgan fingerprint density at radius 3 is 2.56 bits per heavy atom.